The molecule has 1 aliphatic heterocycles. The molecule has 0 radical (unpaired) electrons. The summed E-state index contributed by atoms with van der Waals surface area (Å²) in [7, 11) is 0. The van der Waals surface area contributed by atoms with E-state index in [0.29, 0.717) is 17.9 Å². The van der Waals surface area contributed by atoms with Gasteiger partial charge in [-0.1, -0.05) is 0 Å². The van der Waals surface area contributed by atoms with Crippen LogP contribution in [0.3, 0.4) is 0 Å². The zero-order valence-electron chi connectivity index (χ0n) is 12.9. The van der Waals surface area contributed by atoms with Crippen molar-refractivity contribution in [2.45, 2.75) is 38.8 Å². The van der Waals surface area contributed by atoms with E-state index in [9.17, 15) is 4.79 Å². The Kier molecular flexibility index (Phi) is 3.86. The van der Waals surface area contributed by atoms with Crippen LogP contribution in [0.1, 0.15) is 26.2 Å². The number of hydrogen-bond donors (Lipinski definition) is 0. The Morgan fingerprint density at radius 1 is 1.39 bits per heavy atom. The van der Waals surface area contributed by atoms with Crippen molar-refractivity contribution >= 4 is 39.7 Å². The average Bonchev–Trinajstić information content (AvgIpc) is 3.20. The first-order valence-electron chi connectivity index (χ1n) is 7.99. The van der Waals surface area contributed by atoms with Crippen molar-refractivity contribution in [1.82, 2.24) is 24.4 Å². The molecular weight excluding hydrogens is 409 g/mol. The molecule has 0 N–H and O–H groups in total. The third-order valence-corrected chi connectivity index (χ3v) is 5.25. The van der Waals surface area contributed by atoms with Crippen molar-refractivity contribution in [3.8, 4) is 5.88 Å². The zero-order valence-corrected chi connectivity index (χ0v) is 15.1. The lowest BCUT2D eigenvalue weighted by atomic mass is 10.3. The van der Waals surface area contributed by atoms with Crippen molar-refractivity contribution in [3.05, 3.63) is 10.2 Å². The molecule has 0 spiro atoms. The summed E-state index contributed by atoms with van der Waals surface area (Å²) in [6, 6.07) is 0. The second kappa shape index (κ2) is 5.88. The summed E-state index contributed by atoms with van der Waals surface area (Å²) < 4.78 is 8.96. The van der Waals surface area contributed by atoms with Gasteiger partial charge in [0.05, 0.1) is 6.54 Å². The summed E-state index contributed by atoms with van der Waals surface area (Å²) in [5.41, 5.74) is 1.50. The quantitative estimate of drug-likeness (QED) is 0.550. The number of aryl methyl sites for hydroxylation is 1. The van der Waals surface area contributed by atoms with Gasteiger partial charge in [0, 0.05) is 48.0 Å². The van der Waals surface area contributed by atoms with Gasteiger partial charge in [0.15, 0.2) is 15.0 Å². The smallest absolute Gasteiger partial charge is 0.245 e. The number of ether oxygens (including phenoxy) is 1. The minimum atomic E-state index is -0.0137. The van der Waals surface area contributed by atoms with Gasteiger partial charge >= 0.3 is 0 Å². The lowest BCUT2D eigenvalue weighted by Crippen LogP contribution is -2.32. The maximum atomic E-state index is 12.1. The summed E-state index contributed by atoms with van der Waals surface area (Å²) in [5.74, 6) is 1.07. The zero-order chi connectivity index (χ0) is 16.0. The van der Waals surface area contributed by atoms with Crippen molar-refractivity contribution in [2.75, 3.05) is 13.1 Å². The second-order valence-electron chi connectivity index (χ2n) is 6.06. The Morgan fingerprint density at radius 2 is 2.22 bits per heavy atom. The Morgan fingerprint density at radius 3 is 2.96 bits per heavy atom. The number of rotatable bonds is 4. The van der Waals surface area contributed by atoms with Gasteiger partial charge < -0.3 is 14.2 Å². The topological polar surface area (TPSA) is 73.1 Å². The van der Waals surface area contributed by atoms with Gasteiger partial charge in [-0.3, -0.25) is 4.79 Å². The van der Waals surface area contributed by atoms with Crippen LogP contribution in [0.2, 0.25) is 0 Å². The summed E-state index contributed by atoms with van der Waals surface area (Å²) >= 11 is 2.20. The van der Waals surface area contributed by atoms with Gasteiger partial charge in [-0.05, 0) is 19.8 Å². The number of amides is 1. The van der Waals surface area contributed by atoms with Crippen LogP contribution in [0.25, 0.3) is 11.2 Å². The van der Waals surface area contributed by atoms with Crippen LogP contribution < -0.4 is 4.74 Å². The number of nitrogens with zero attached hydrogens (tertiary/aromatic N) is 5. The Balaban J connectivity index is 1.53. The molecular formula is C15H18IN5O2. The molecule has 2 aromatic heterocycles. The number of hydrogen-bond acceptors (Lipinski definition) is 5. The number of imidazole rings is 1. The molecule has 1 amide bonds. The highest BCUT2D eigenvalue weighted by atomic mass is 127. The Hall–Kier alpha value is -1.45. The maximum Gasteiger partial charge on any atom is 0.245 e. The second-order valence-corrected chi connectivity index (χ2v) is 7.03. The van der Waals surface area contributed by atoms with E-state index in [1.54, 1.807) is 0 Å². The first-order chi connectivity index (χ1) is 11.2. The molecule has 3 heterocycles. The highest BCUT2D eigenvalue weighted by Crippen LogP contribution is 2.33. The molecule has 0 bridgehead atoms. The monoisotopic (exact) mass is 427 g/mol. The third kappa shape index (κ3) is 2.77. The number of carbonyl (C=O) groups is 1. The van der Waals surface area contributed by atoms with Crippen molar-refractivity contribution < 1.29 is 9.53 Å². The van der Waals surface area contributed by atoms with Crippen LogP contribution in [0, 0.1) is 9.75 Å². The van der Waals surface area contributed by atoms with E-state index < -0.39 is 0 Å². The van der Waals surface area contributed by atoms with Crippen LogP contribution in [-0.4, -0.2) is 49.5 Å². The van der Waals surface area contributed by atoms with Crippen LogP contribution >= 0.6 is 22.6 Å². The predicted octanol–water partition coefficient (Wildman–Crippen LogP) is 1.84. The van der Waals surface area contributed by atoms with Crippen LogP contribution in [0.5, 0.6) is 5.88 Å². The van der Waals surface area contributed by atoms with Gasteiger partial charge in [0.25, 0.3) is 0 Å². The third-order valence-electron chi connectivity index (χ3n) is 4.43. The predicted molar refractivity (Wildman–Crippen MR) is 92.1 cm³/mol. The molecule has 122 valence electrons. The molecule has 7 nitrogen and oxygen atoms in total. The largest absolute Gasteiger partial charge is 0.471 e. The lowest BCUT2D eigenvalue weighted by molar-refractivity contribution is -0.131. The molecule has 0 aromatic carbocycles. The van der Waals surface area contributed by atoms with E-state index in [1.807, 2.05) is 9.47 Å². The molecule has 23 heavy (non-hydrogen) atoms. The van der Waals surface area contributed by atoms with Gasteiger partial charge in [-0.25, -0.2) is 9.97 Å². The number of fused-ring (bicyclic) bond motifs is 1. The summed E-state index contributed by atoms with van der Waals surface area (Å²) in [4.78, 5) is 27.2. The molecule has 8 heteroatoms. The van der Waals surface area contributed by atoms with E-state index in [0.717, 1.165) is 41.8 Å². The SMILES string of the molecule is CCn1c(I)nc2c(O[C@H]3CCN(C(=O)C4CC4)C3)ncnc21. The molecule has 4 rings (SSSR count). The molecule has 0 unspecified atom stereocenters. The van der Waals surface area contributed by atoms with E-state index in [2.05, 4.69) is 44.5 Å². The first-order valence-corrected chi connectivity index (χ1v) is 9.07. The fourth-order valence-corrected chi connectivity index (χ4v) is 3.84. The van der Waals surface area contributed by atoms with Crippen molar-refractivity contribution in [2.24, 2.45) is 5.92 Å². The average molecular weight is 427 g/mol. The number of aromatic nitrogens is 4. The molecule has 2 aliphatic rings. The van der Waals surface area contributed by atoms with Crippen LogP contribution in [-0.2, 0) is 11.3 Å². The van der Waals surface area contributed by atoms with Gasteiger partial charge in [0.1, 0.15) is 12.4 Å². The van der Waals surface area contributed by atoms with Gasteiger partial charge in [-0.2, -0.15) is 4.98 Å². The minimum absolute atomic E-state index is 0.0137. The van der Waals surface area contributed by atoms with Gasteiger partial charge in [0.2, 0.25) is 11.8 Å². The van der Waals surface area contributed by atoms with E-state index in [4.69, 9.17) is 4.74 Å². The summed E-state index contributed by atoms with van der Waals surface area (Å²) in [6.45, 7) is 4.28. The standard InChI is InChI=1S/C15H18IN5O2/c1-2-21-12-11(19-15(21)16)13(18-8-17-12)23-10-5-6-20(7-10)14(22)9-3-4-9/h8-10H,2-7H2,1H3/t10-/m0/s1. The first kappa shape index (κ1) is 15.1. The van der Waals surface area contributed by atoms with Gasteiger partial charge in [-0.15, -0.1) is 0 Å². The maximum absolute atomic E-state index is 12.1. The Labute approximate surface area is 147 Å². The number of carbonyl (C=O) groups excluding carboxylic acids is 1. The van der Waals surface area contributed by atoms with Crippen molar-refractivity contribution in [1.29, 1.82) is 0 Å². The fraction of sp³-hybridized carbons (Fsp3) is 0.600. The molecule has 1 saturated carbocycles. The minimum Gasteiger partial charge on any atom is -0.471 e. The van der Waals surface area contributed by atoms with Crippen LogP contribution in [0.15, 0.2) is 6.33 Å². The normalized spacial score (nSPS) is 21.1. The summed E-state index contributed by atoms with van der Waals surface area (Å²) in [6.07, 6.45) is 4.43. The summed E-state index contributed by atoms with van der Waals surface area (Å²) in [5, 5.41) is 0. The highest BCUT2D eigenvalue weighted by molar-refractivity contribution is 14.1. The number of halogens is 1. The highest BCUT2D eigenvalue weighted by Gasteiger charge is 2.37. The van der Waals surface area contributed by atoms with Crippen molar-refractivity contribution in [3.63, 3.8) is 0 Å². The molecule has 2 aromatic rings. The lowest BCUT2D eigenvalue weighted by Gasteiger charge is -2.16. The Bertz CT molecular complexity index is 758. The molecule has 1 saturated heterocycles. The number of likely N-dealkylation sites (tertiary alicyclic amines) is 1. The van der Waals surface area contributed by atoms with E-state index in [1.165, 1.54) is 6.33 Å². The van der Waals surface area contributed by atoms with E-state index in [-0.39, 0.29) is 17.9 Å². The van der Waals surface area contributed by atoms with E-state index >= 15 is 0 Å². The molecule has 1 atom stereocenters. The molecule has 1 aliphatic carbocycles. The fourth-order valence-electron chi connectivity index (χ4n) is 3.03. The van der Waals surface area contributed by atoms with Crippen LogP contribution in [0.4, 0.5) is 0 Å². The molecule has 2 fully saturated rings.